The fourth-order valence-corrected chi connectivity index (χ4v) is 5.26. The van der Waals surface area contributed by atoms with Gasteiger partial charge in [0.1, 0.15) is 10.0 Å². The van der Waals surface area contributed by atoms with Crippen LogP contribution < -0.4 is 0 Å². The predicted octanol–water partition coefficient (Wildman–Crippen LogP) is 2.28. The Kier molecular flexibility index (Phi) is 4.72. The molecule has 3 rings (SSSR count). The fraction of sp³-hybridized carbons (Fsp3) is 0.600. The van der Waals surface area contributed by atoms with E-state index in [0.717, 1.165) is 12.8 Å². The highest BCUT2D eigenvalue weighted by Crippen LogP contribution is 2.41. The van der Waals surface area contributed by atoms with Gasteiger partial charge in [-0.3, -0.25) is 0 Å². The van der Waals surface area contributed by atoms with Crippen molar-refractivity contribution in [3.05, 3.63) is 23.5 Å². The number of rotatable bonds is 2. The summed E-state index contributed by atoms with van der Waals surface area (Å²) in [5, 5.41) is 9.33. The predicted molar refractivity (Wildman–Crippen MR) is 88.5 cm³/mol. The number of amides is 1. The number of carbonyl (C=O) groups is 1. The summed E-state index contributed by atoms with van der Waals surface area (Å²) < 4.78 is 27.2. The highest BCUT2D eigenvalue weighted by atomic mass is 35.5. The summed E-state index contributed by atoms with van der Waals surface area (Å²) in [6, 6.07) is 2.94. The molecule has 24 heavy (non-hydrogen) atoms. The molecule has 2 saturated heterocycles. The number of piperidine rings is 2. The molecule has 0 bridgehead atoms. The zero-order chi connectivity index (χ0) is 17.4. The number of likely N-dealkylation sites (tertiary alicyclic amines) is 1. The molecule has 0 aliphatic carbocycles. The standard InChI is InChI=1S/C15H20ClN3O4S/c16-13-3-2-12(10-17-13)24(22,23)19-7-1-4-15(11-19)5-8-18(9-6-15)14(20)21/h2-3,10H,1,4-9,11H2,(H,20,21). The smallest absolute Gasteiger partial charge is 0.407 e. The zero-order valence-electron chi connectivity index (χ0n) is 13.2. The van der Waals surface area contributed by atoms with Crippen molar-refractivity contribution in [2.45, 2.75) is 30.6 Å². The van der Waals surface area contributed by atoms with Crippen molar-refractivity contribution in [1.29, 1.82) is 0 Å². The lowest BCUT2D eigenvalue weighted by molar-refractivity contribution is 0.0520. The number of hydrogen-bond acceptors (Lipinski definition) is 4. The Morgan fingerprint density at radius 2 is 1.92 bits per heavy atom. The van der Waals surface area contributed by atoms with Gasteiger partial charge in [-0.1, -0.05) is 11.6 Å². The third-order valence-electron chi connectivity index (χ3n) is 5.06. The van der Waals surface area contributed by atoms with Gasteiger partial charge in [0, 0.05) is 32.4 Å². The van der Waals surface area contributed by atoms with Gasteiger partial charge >= 0.3 is 6.09 Å². The number of carboxylic acid groups (broad SMARTS) is 1. The molecule has 1 spiro atoms. The molecule has 1 amide bonds. The molecular weight excluding hydrogens is 354 g/mol. The molecular formula is C15H20ClN3O4S. The molecule has 0 atom stereocenters. The van der Waals surface area contributed by atoms with Crippen LogP contribution in [0.5, 0.6) is 0 Å². The van der Waals surface area contributed by atoms with E-state index < -0.39 is 16.1 Å². The van der Waals surface area contributed by atoms with Crippen LogP contribution in [0.2, 0.25) is 5.15 Å². The number of hydrogen-bond donors (Lipinski definition) is 1. The normalized spacial score (nSPS) is 21.8. The van der Waals surface area contributed by atoms with E-state index in [4.69, 9.17) is 16.7 Å². The molecule has 3 heterocycles. The topological polar surface area (TPSA) is 90.8 Å². The average Bonchev–Trinajstić information content (AvgIpc) is 2.56. The molecule has 2 fully saturated rings. The summed E-state index contributed by atoms with van der Waals surface area (Å²) in [6.07, 6.45) is 3.50. The largest absolute Gasteiger partial charge is 0.465 e. The van der Waals surface area contributed by atoms with E-state index in [1.54, 1.807) is 0 Å². The van der Waals surface area contributed by atoms with Crippen LogP contribution in [-0.2, 0) is 10.0 Å². The summed E-state index contributed by atoms with van der Waals surface area (Å²) in [6.45, 7) is 1.85. The van der Waals surface area contributed by atoms with E-state index in [-0.39, 0.29) is 15.5 Å². The van der Waals surface area contributed by atoms with Gasteiger partial charge in [0.25, 0.3) is 0 Å². The Bertz CT molecular complexity index is 715. The molecule has 7 nitrogen and oxygen atoms in total. The Labute approximate surface area is 146 Å². The second kappa shape index (κ2) is 6.50. The van der Waals surface area contributed by atoms with Crippen LogP contribution >= 0.6 is 11.6 Å². The van der Waals surface area contributed by atoms with Gasteiger partial charge in [0.2, 0.25) is 10.0 Å². The molecule has 2 aliphatic rings. The first-order valence-electron chi connectivity index (χ1n) is 7.92. The summed E-state index contributed by atoms with van der Waals surface area (Å²) in [5.41, 5.74) is -0.128. The highest BCUT2D eigenvalue weighted by Gasteiger charge is 2.42. The first-order chi connectivity index (χ1) is 11.3. The van der Waals surface area contributed by atoms with Crippen LogP contribution in [0, 0.1) is 5.41 Å². The third kappa shape index (κ3) is 3.36. The summed E-state index contributed by atoms with van der Waals surface area (Å²) in [4.78, 5) is 16.5. The van der Waals surface area contributed by atoms with E-state index in [9.17, 15) is 13.2 Å². The van der Waals surface area contributed by atoms with Crippen molar-refractivity contribution in [3.8, 4) is 0 Å². The van der Waals surface area contributed by atoms with Crippen LogP contribution in [0.3, 0.4) is 0 Å². The maximum absolute atomic E-state index is 12.8. The van der Waals surface area contributed by atoms with E-state index in [0.29, 0.717) is 39.0 Å². The van der Waals surface area contributed by atoms with Crippen LogP contribution in [0.25, 0.3) is 0 Å². The van der Waals surface area contributed by atoms with Crippen molar-refractivity contribution >= 4 is 27.7 Å². The summed E-state index contributed by atoms with van der Waals surface area (Å²) in [5.74, 6) is 0. The second-order valence-electron chi connectivity index (χ2n) is 6.53. The van der Waals surface area contributed by atoms with Gasteiger partial charge in [-0.15, -0.1) is 0 Å². The minimum Gasteiger partial charge on any atom is -0.465 e. The highest BCUT2D eigenvalue weighted by molar-refractivity contribution is 7.89. The monoisotopic (exact) mass is 373 g/mol. The lowest BCUT2D eigenvalue weighted by Gasteiger charge is -2.46. The van der Waals surface area contributed by atoms with Crippen molar-refractivity contribution in [3.63, 3.8) is 0 Å². The molecule has 0 unspecified atom stereocenters. The van der Waals surface area contributed by atoms with Gasteiger partial charge in [0.15, 0.2) is 0 Å². The molecule has 0 radical (unpaired) electrons. The van der Waals surface area contributed by atoms with Gasteiger partial charge < -0.3 is 10.0 Å². The molecule has 1 aromatic heterocycles. The first-order valence-corrected chi connectivity index (χ1v) is 9.74. The number of halogens is 1. The van der Waals surface area contributed by atoms with Gasteiger partial charge in [-0.25, -0.2) is 18.2 Å². The molecule has 0 saturated carbocycles. The molecule has 1 N–H and O–H groups in total. The maximum atomic E-state index is 12.8. The Morgan fingerprint density at radius 1 is 1.21 bits per heavy atom. The van der Waals surface area contributed by atoms with E-state index >= 15 is 0 Å². The summed E-state index contributed by atoms with van der Waals surface area (Å²) in [7, 11) is -3.60. The third-order valence-corrected chi connectivity index (χ3v) is 7.11. The Balaban J connectivity index is 1.76. The van der Waals surface area contributed by atoms with Gasteiger partial charge in [-0.05, 0) is 43.2 Å². The van der Waals surface area contributed by atoms with Crippen molar-refractivity contribution in [2.75, 3.05) is 26.2 Å². The van der Waals surface area contributed by atoms with Crippen LogP contribution in [-0.4, -0.2) is 60.0 Å². The van der Waals surface area contributed by atoms with Gasteiger partial charge in [0.05, 0.1) is 0 Å². The molecule has 132 valence electrons. The number of pyridine rings is 1. The Hall–Kier alpha value is -1.38. The minimum absolute atomic E-state index is 0.128. The lowest BCUT2D eigenvalue weighted by Crippen LogP contribution is -2.51. The molecule has 2 aliphatic heterocycles. The van der Waals surface area contributed by atoms with E-state index in [2.05, 4.69) is 4.98 Å². The summed E-state index contributed by atoms with van der Waals surface area (Å²) >= 11 is 5.73. The van der Waals surface area contributed by atoms with Crippen molar-refractivity contribution in [2.24, 2.45) is 5.41 Å². The minimum atomic E-state index is -3.60. The quantitative estimate of drug-likeness (QED) is 0.803. The number of sulfonamides is 1. The van der Waals surface area contributed by atoms with Gasteiger partial charge in [-0.2, -0.15) is 4.31 Å². The second-order valence-corrected chi connectivity index (χ2v) is 8.85. The van der Waals surface area contributed by atoms with Crippen LogP contribution in [0.4, 0.5) is 4.79 Å². The fourth-order valence-electron chi connectivity index (χ4n) is 3.61. The van der Waals surface area contributed by atoms with E-state index in [1.165, 1.54) is 27.5 Å². The SMILES string of the molecule is O=C(O)N1CCC2(CCCN(S(=O)(=O)c3ccc(Cl)nc3)C2)CC1. The van der Waals surface area contributed by atoms with Crippen molar-refractivity contribution < 1.29 is 18.3 Å². The number of aromatic nitrogens is 1. The van der Waals surface area contributed by atoms with Crippen LogP contribution in [0.15, 0.2) is 23.2 Å². The maximum Gasteiger partial charge on any atom is 0.407 e. The zero-order valence-corrected chi connectivity index (χ0v) is 14.8. The lowest BCUT2D eigenvalue weighted by atomic mass is 9.73. The molecule has 9 heteroatoms. The number of nitrogens with zero attached hydrogens (tertiary/aromatic N) is 3. The van der Waals surface area contributed by atoms with Crippen LogP contribution in [0.1, 0.15) is 25.7 Å². The molecule has 0 aromatic carbocycles. The average molecular weight is 374 g/mol. The van der Waals surface area contributed by atoms with Crippen molar-refractivity contribution in [1.82, 2.24) is 14.2 Å². The first kappa shape index (κ1) is 17.4. The Morgan fingerprint density at radius 3 is 2.50 bits per heavy atom. The van der Waals surface area contributed by atoms with E-state index in [1.807, 2.05) is 0 Å². The molecule has 1 aromatic rings.